The molecule has 3 aromatic rings. The van der Waals surface area contributed by atoms with Crippen molar-refractivity contribution in [2.45, 2.75) is 17.9 Å². The lowest BCUT2D eigenvalue weighted by atomic mass is 9.95. The summed E-state index contributed by atoms with van der Waals surface area (Å²) in [4.78, 5) is 3.91. The van der Waals surface area contributed by atoms with Crippen molar-refractivity contribution in [1.82, 2.24) is 19.9 Å². The Morgan fingerprint density at radius 2 is 2.17 bits per heavy atom. The summed E-state index contributed by atoms with van der Waals surface area (Å²) < 4.78 is 6.65. The van der Waals surface area contributed by atoms with E-state index in [2.05, 4.69) is 15.2 Å². The maximum Gasteiger partial charge on any atom is 0.146 e. The third-order valence-corrected chi connectivity index (χ3v) is 5.12. The predicted molar refractivity (Wildman–Crippen MR) is 93.0 cm³/mol. The van der Waals surface area contributed by atoms with Crippen LogP contribution < -0.4 is 0 Å². The van der Waals surface area contributed by atoms with Gasteiger partial charge in [-0.05, 0) is 12.1 Å². The van der Waals surface area contributed by atoms with Crippen molar-refractivity contribution in [3.05, 3.63) is 64.5 Å². The van der Waals surface area contributed by atoms with Gasteiger partial charge in [-0.1, -0.05) is 34.4 Å². The van der Waals surface area contributed by atoms with Crippen LogP contribution in [-0.4, -0.2) is 30.8 Å². The van der Waals surface area contributed by atoms with Crippen LogP contribution in [0.25, 0.3) is 0 Å². The standard InChI is InChI=1S/C15H14Cl2N4O2S/c16-11-1-2-13(14(17)5-11)15(22,7-21-10-18-9-19-21)8-24-6-12-3-4-20-23-12/h1-5,9-10,22H,6-8H2. The molecule has 1 N–H and O–H groups in total. The van der Waals surface area contributed by atoms with E-state index in [0.29, 0.717) is 27.1 Å². The van der Waals surface area contributed by atoms with E-state index in [1.165, 1.54) is 18.1 Å². The molecule has 0 aliphatic rings. The molecule has 1 atom stereocenters. The zero-order chi connectivity index (χ0) is 17.0. The molecule has 0 amide bonds. The number of halogens is 2. The molecule has 6 nitrogen and oxygen atoms in total. The van der Waals surface area contributed by atoms with Gasteiger partial charge < -0.3 is 9.63 Å². The third-order valence-electron chi connectivity index (χ3n) is 3.40. The molecule has 0 radical (unpaired) electrons. The molecule has 0 saturated heterocycles. The maximum atomic E-state index is 11.3. The Balaban J connectivity index is 1.82. The first-order chi connectivity index (χ1) is 11.6. The van der Waals surface area contributed by atoms with E-state index in [1.807, 2.05) is 0 Å². The lowest BCUT2D eigenvalue weighted by Crippen LogP contribution is -2.35. The zero-order valence-corrected chi connectivity index (χ0v) is 14.8. The topological polar surface area (TPSA) is 77.0 Å². The summed E-state index contributed by atoms with van der Waals surface area (Å²) in [6.07, 6.45) is 4.56. The smallest absolute Gasteiger partial charge is 0.146 e. The number of hydrogen-bond donors (Lipinski definition) is 1. The summed E-state index contributed by atoms with van der Waals surface area (Å²) in [5, 5.41) is 19.9. The number of benzene rings is 1. The van der Waals surface area contributed by atoms with Gasteiger partial charge in [-0.2, -0.15) is 16.9 Å². The van der Waals surface area contributed by atoms with E-state index >= 15 is 0 Å². The molecule has 0 spiro atoms. The molecule has 1 unspecified atom stereocenters. The molecule has 126 valence electrons. The monoisotopic (exact) mass is 384 g/mol. The largest absolute Gasteiger partial charge is 0.382 e. The average molecular weight is 385 g/mol. The first-order valence-corrected chi connectivity index (χ1v) is 8.95. The molecule has 9 heteroatoms. The molecule has 3 rings (SSSR count). The first-order valence-electron chi connectivity index (χ1n) is 7.04. The van der Waals surface area contributed by atoms with Crippen LogP contribution in [0.15, 0.2) is 47.6 Å². The van der Waals surface area contributed by atoms with E-state index in [1.54, 1.807) is 41.5 Å². The minimum absolute atomic E-state index is 0.220. The fraction of sp³-hybridized carbons (Fsp3) is 0.267. The molecule has 0 aliphatic heterocycles. The Labute approximate surface area is 152 Å². The van der Waals surface area contributed by atoms with Gasteiger partial charge in [-0.3, -0.25) is 0 Å². The molecule has 0 fully saturated rings. The van der Waals surface area contributed by atoms with Gasteiger partial charge in [0, 0.05) is 27.4 Å². The van der Waals surface area contributed by atoms with Crippen LogP contribution in [0.4, 0.5) is 0 Å². The van der Waals surface area contributed by atoms with Gasteiger partial charge in [0.2, 0.25) is 0 Å². The third kappa shape index (κ3) is 4.10. The van der Waals surface area contributed by atoms with Gasteiger partial charge >= 0.3 is 0 Å². The number of aliphatic hydroxyl groups is 1. The first kappa shape index (κ1) is 17.3. The minimum atomic E-state index is -1.24. The van der Waals surface area contributed by atoms with Crippen LogP contribution in [0.1, 0.15) is 11.3 Å². The predicted octanol–water partition coefficient (Wildman–Crippen LogP) is 3.39. The van der Waals surface area contributed by atoms with E-state index in [0.717, 1.165) is 5.76 Å². The number of hydrogen-bond acceptors (Lipinski definition) is 6. The molecule has 0 bridgehead atoms. The average Bonchev–Trinajstić information content (AvgIpc) is 3.20. The van der Waals surface area contributed by atoms with Crippen molar-refractivity contribution in [1.29, 1.82) is 0 Å². The second-order valence-corrected chi connectivity index (χ2v) is 7.05. The van der Waals surface area contributed by atoms with Gasteiger partial charge in [0.1, 0.15) is 24.0 Å². The molecule has 2 aromatic heterocycles. The second-order valence-electron chi connectivity index (χ2n) is 5.22. The van der Waals surface area contributed by atoms with Crippen molar-refractivity contribution in [3.63, 3.8) is 0 Å². The summed E-state index contributed by atoms with van der Waals surface area (Å²) in [5.74, 6) is 1.71. The normalized spacial score (nSPS) is 13.8. The van der Waals surface area contributed by atoms with Crippen LogP contribution in [0, 0.1) is 0 Å². The maximum absolute atomic E-state index is 11.3. The van der Waals surface area contributed by atoms with E-state index in [4.69, 9.17) is 27.7 Å². The molecular formula is C15H14Cl2N4O2S. The lowest BCUT2D eigenvalue weighted by molar-refractivity contribution is 0.0397. The number of thioether (sulfide) groups is 1. The summed E-state index contributed by atoms with van der Waals surface area (Å²) >= 11 is 13.8. The summed E-state index contributed by atoms with van der Waals surface area (Å²) in [5.41, 5.74) is -0.644. The van der Waals surface area contributed by atoms with Crippen molar-refractivity contribution in [2.24, 2.45) is 0 Å². The van der Waals surface area contributed by atoms with E-state index in [-0.39, 0.29) is 6.54 Å². The molecule has 0 saturated carbocycles. The van der Waals surface area contributed by atoms with E-state index in [9.17, 15) is 5.11 Å². The van der Waals surface area contributed by atoms with E-state index < -0.39 is 5.60 Å². The number of nitrogens with zero attached hydrogens (tertiary/aromatic N) is 4. The van der Waals surface area contributed by atoms with Crippen molar-refractivity contribution in [3.8, 4) is 0 Å². The van der Waals surface area contributed by atoms with Gasteiger partial charge in [-0.15, -0.1) is 0 Å². The highest BCUT2D eigenvalue weighted by atomic mass is 35.5. The van der Waals surface area contributed by atoms with Gasteiger partial charge in [-0.25, -0.2) is 9.67 Å². The quantitative estimate of drug-likeness (QED) is 0.672. The summed E-state index contributed by atoms with van der Waals surface area (Å²) in [6.45, 7) is 0.220. The fourth-order valence-electron chi connectivity index (χ4n) is 2.29. The zero-order valence-electron chi connectivity index (χ0n) is 12.5. The van der Waals surface area contributed by atoms with Crippen LogP contribution in [0.3, 0.4) is 0 Å². The highest BCUT2D eigenvalue weighted by Gasteiger charge is 2.32. The highest BCUT2D eigenvalue weighted by molar-refractivity contribution is 7.98. The Kier molecular flexibility index (Phi) is 5.45. The van der Waals surface area contributed by atoms with Crippen LogP contribution >= 0.6 is 35.0 Å². The number of aromatic nitrogens is 4. The SMILES string of the molecule is OC(CSCc1ccno1)(Cn1cncn1)c1ccc(Cl)cc1Cl. The van der Waals surface area contributed by atoms with Gasteiger partial charge in [0.25, 0.3) is 0 Å². The molecule has 24 heavy (non-hydrogen) atoms. The van der Waals surface area contributed by atoms with Gasteiger partial charge in [0.15, 0.2) is 0 Å². The van der Waals surface area contributed by atoms with Crippen LogP contribution in [0.5, 0.6) is 0 Å². The van der Waals surface area contributed by atoms with Crippen molar-refractivity contribution >= 4 is 35.0 Å². The molecule has 2 heterocycles. The van der Waals surface area contributed by atoms with Crippen LogP contribution in [-0.2, 0) is 17.9 Å². The lowest BCUT2D eigenvalue weighted by Gasteiger charge is -2.29. The number of rotatable bonds is 7. The Morgan fingerprint density at radius 3 is 2.83 bits per heavy atom. The van der Waals surface area contributed by atoms with Crippen molar-refractivity contribution in [2.75, 3.05) is 5.75 Å². The van der Waals surface area contributed by atoms with Crippen molar-refractivity contribution < 1.29 is 9.63 Å². The molecule has 1 aromatic carbocycles. The van der Waals surface area contributed by atoms with Gasteiger partial charge in [0.05, 0.1) is 18.5 Å². The Bertz CT molecular complexity index is 783. The Morgan fingerprint density at radius 1 is 1.29 bits per heavy atom. The fourth-order valence-corrected chi connectivity index (χ4v) is 3.92. The summed E-state index contributed by atoms with van der Waals surface area (Å²) in [7, 11) is 0. The second kappa shape index (κ2) is 7.57. The minimum Gasteiger partial charge on any atom is -0.382 e. The summed E-state index contributed by atoms with van der Waals surface area (Å²) in [6, 6.07) is 6.84. The molecular weight excluding hydrogens is 371 g/mol. The van der Waals surface area contributed by atoms with Crippen LogP contribution in [0.2, 0.25) is 10.0 Å². The Hall–Kier alpha value is -1.54. The highest BCUT2D eigenvalue weighted by Crippen LogP contribution is 2.35. The molecule has 0 aliphatic carbocycles.